The molecule has 1 atom stereocenters. The second-order valence-electron chi connectivity index (χ2n) is 7.33. The molecule has 0 fully saturated rings. The van der Waals surface area contributed by atoms with Crippen LogP contribution in [0.3, 0.4) is 0 Å². The Hall–Kier alpha value is -3.20. The largest absolute Gasteiger partial charge is 0.491 e. The number of aliphatic hydroxyl groups is 2. The number of benzene rings is 3. The standard InChI is InChI=1S/C25H27F2NO5/c26-20-5-1-18(2-6-20)15-32-24-10-9-23(31-17-22(30)14-28-11-12-29)13-25(24)33-16-19-3-7-21(27)8-4-19/h1-10,13,22,28-30H,11-12,14-17H2/t22-/m1/s1. The normalized spacial score (nSPS) is 11.8. The van der Waals surface area contributed by atoms with E-state index in [0.717, 1.165) is 11.1 Å². The Bertz CT molecular complexity index is 983. The van der Waals surface area contributed by atoms with Gasteiger partial charge in [-0.1, -0.05) is 24.3 Å². The molecule has 0 aliphatic carbocycles. The molecule has 176 valence electrons. The number of rotatable bonds is 13. The summed E-state index contributed by atoms with van der Waals surface area (Å²) in [6.45, 7) is 1.10. The maximum Gasteiger partial charge on any atom is 0.165 e. The minimum absolute atomic E-state index is 0.0122. The molecule has 0 spiro atoms. The summed E-state index contributed by atoms with van der Waals surface area (Å²) in [7, 11) is 0. The molecule has 33 heavy (non-hydrogen) atoms. The van der Waals surface area contributed by atoms with E-state index in [1.807, 2.05) is 0 Å². The van der Waals surface area contributed by atoms with Gasteiger partial charge in [0.1, 0.15) is 43.3 Å². The van der Waals surface area contributed by atoms with Gasteiger partial charge in [-0.2, -0.15) is 0 Å². The second kappa shape index (κ2) is 12.7. The summed E-state index contributed by atoms with van der Waals surface area (Å²) < 4.78 is 43.7. The Morgan fingerprint density at radius 2 is 1.33 bits per heavy atom. The summed E-state index contributed by atoms with van der Waals surface area (Å²) in [5.74, 6) is 0.687. The zero-order chi connectivity index (χ0) is 23.5. The Labute approximate surface area is 191 Å². The fourth-order valence-corrected chi connectivity index (χ4v) is 2.89. The third-order valence-electron chi connectivity index (χ3n) is 4.64. The molecule has 0 aromatic heterocycles. The number of hydrogen-bond donors (Lipinski definition) is 3. The highest BCUT2D eigenvalue weighted by Gasteiger charge is 2.11. The topological polar surface area (TPSA) is 80.2 Å². The van der Waals surface area contributed by atoms with E-state index in [2.05, 4.69) is 5.32 Å². The number of nitrogens with one attached hydrogen (secondary N) is 1. The van der Waals surface area contributed by atoms with Gasteiger partial charge >= 0.3 is 0 Å². The predicted octanol–water partition coefficient (Wildman–Crippen LogP) is 3.44. The van der Waals surface area contributed by atoms with E-state index in [-0.39, 0.29) is 44.6 Å². The smallest absolute Gasteiger partial charge is 0.165 e. The van der Waals surface area contributed by atoms with E-state index in [9.17, 15) is 13.9 Å². The number of aliphatic hydroxyl groups excluding tert-OH is 2. The maximum atomic E-state index is 13.2. The fraction of sp³-hybridized carbons (Fsp3) is 0.280. The monoisotopic (exact) mass is 459 g/mol. The number of hydrogen-bond acceptors (Lipinski definition) is 6. The molecule has 0 unspecified atom stereocenters. The van der Waals surface area contributed by atoms with Crippen molar-refractivity contribution < 1.29 is 33.2 Å². The highest BCUT2D eigenvalue weighted by Crippen LogP contribution is 2.33. The highest BCUT2D eigenvalue weighted by molar-refractivity contribution is 5.46. The molecular weight excluding hydrogens is 432 g/mol. The van der Waals surface area contributed by atoms with Crippen LogP contribution in [0.2, 0.25) is 0 Å². The van der Waals surface area contributed by atoms with E-state index in [1.54, 1.807) is 42.5 Å². The van der Waals surface area contributed by atoms with Gasteiger partial charge < -0.3 is 29.7 Å². The van der Waals surface area contributed by atoms with Crippen molar-refractivity contribution in [3.8, 4) is 17.2 Å². The SMILES string of the molecule is OCCNC[C@@H](O)COc1ccc(OCc2ccc(F)cc2)c(OCc2ccc(F)cc2)c1. The number of halogens is 2. The average Bonchev–Trinajstić information content (AvgIpc) is 2.83. The molecule has 8 heteroatoms. The molecule has 0 saturated carbocycles. The Balaban J connectivity index is 1.67. The molecule has 3 aromatic rings. The van der Waals surface area contributed by atoms with Crippen LogP contribution in [0, 0.1) is 11.6 Å². The van der Waals surface area contributed by atoms with Crippen molar-refractivity contribution >= 4 is 0 Å². The van der Waals surface area contributed by atoms with Gasteiger partial charge in [0.25, 0.3) is 0 Å². The first-order chi connectivity index (χ1) is 16.0. The van der Waals surface area contributed by atoms with Gasteiger partial charge in [-0.05, 0) is 47.5 Å². The van der Waals surface area contributed by atoms with Crippen LogP contribution in [0.15, 0.2) is 66.7 Å². The molecule has 0 bridgehead atoms. The molecule has 3 aromatic carbocycles. The molecule has 3 rings (SSSR count). The highest BCUT2D eigenvalue weighted by atomic mass is 19.1. The molecule has 0 heterocycles. The molecule has 0 aliphatic heterocycles. The number of ether oxygens (including phenoxy) is 3. The minimum Gasteiger partial charge on any atom is -0.491 e. The summed E-state index contributed by atoms with van der Waals surface area (Å²) in [4.78, 5) is 0. The lowest BCUT2D eigenvalue weighted by atomic mass is 10.2. The van der Waals surface area contributed by atoms with Crippen molar-refractivity contribution in [2.24, 2.45) is 0 Å². The van der Waals surface area contributed by atoms with E-state index < -0.39 is 6.10 Å². The van der Waals surface area contributed by atoms with Gasteiger partial charge in [0.05, 0.1) is 6.61 Å². The van der Waals surface area contributed by atoms with Crippen molar-refractivity contribution in [1.82, 2.24) is 5.32 Å². The third-order valence-corrected chi connectivity index (χ3v) is 4.64. The zero-order valence-electron chi connectivity index (χ0n) is 18.0. The van der Waals surface area contributed by atoms with Crippen LogP contribution in [0.25, 0.3) is 0 Å². The third kappa shape index (κ3) is 8.34. The van der Waals surface area contributed by atoms with Gasteiger partial charge in [-0.3, -0.25) is 0 Å². The maximum absolute atomic E-state index is 13.2. The second-order valence-corrected chi connectivity index (χ2v) is 7.33. The van der Waals surface area contributed by atoms with Crippen LogP contribution in [-0.2, 0) is 13.2 Å². The van der Waals surface area contributed by atoms with Crippen LogP contribution in [0.1, 0.15) is 11.1 Å². The van der Waals surface area contributed by atoms with E-state index in [1.165, 1.54) is 24.3 Å². The van der Waals surface area contributed by atoms with Gasteiger partial charge in [-0.15, -0.1) is 0 Å². The lowest BCUT2D eigenvalue weighted by molar-refractivity contribution is 0.105. The van der Waals surface area contributed by atoms with Gasteiger partial charge in [0, 0.05) is 19.2 Å². The van der Waals surface area contributed by atoms with Crippen molar-refractivity contribution in [2.45, 2.75) is 19.3 Å². The van der Waals surface area contributed by atoms with Gasteiger partial charge in [0.15, 0.2) is 11.5 Å². The lowest BCUT2D eigenvalue weighted by Crippen LogP contribution is -2.32. The zero-order valence-corrected chi connectivity index (χ0v) is 18.0. The molecule has 0 aliphatic rings. The summed E-state index contributed by atoms with van der Waals surface area (Å²) in [5.41, 5.74) is 1.57. The van der Waals surface area contributed by atoms with Gasteiger partial charge in [0.2, 0.25) is 0 Å². The Kier molecular flexibility index (Phi) is 9.44. The van der Waals surface area contributed by atoms with Gasteiger partial charge in [-0.25, -0.2) is 8.78 Å². The predicted molar refractivity (Wildman–Crippen MR) is 119 cm³/mol. The lowest BCUT2D eigenvalue weighted by Gasteiger charge is -2.16. The molecule has 0 amide bonds. The minimum atomic E-state index is -0.755. The summed E-state index contributed by atoms with van der Waals surface area (Å²) in [6, 6.07) is 17.0. The first-order valence-corrected chi connectivity index (χ1v) is 10.5. The van der Waals surface area contributed by atoms with Crippen molar-refractivity contribution in [1.29, 1.82) is 0 Å². The van der Waals surface area contributed by atoms with Crippen LogP contribution >= 0.6 is 0 Å². The summed E-state index contributed by atoms with van der Waals surface area (Å²) in [6.07, 6.45) is -0.755. The molecule has 0 saturated heterocycles. The van der Waals surface area contributed by atoms with Crippen molar-refractivity contribution in [3.63, 3.8) is 0 Å². The molecule has 6 nitrogen and oxygen atoms in total. The van der Waals surface area contributed by atoms with E-state index >= 15 is 0 Å². The van der Waals surface area contributed by atoms with Crippen LogP contribution in [0.5, 0.6) is 17.2 Å². The van der Waals surface area contributed by atoms with Crippen molar-refractivity contribution in [3.05, 3.63) is 89.5 Å². The van der Waals surface area contributed by atoms with Crippen molar-refractivity contribution in [2.75, 3.05) is 26.3 Å². The first-order valence-electron chi connectivity index (χ1n) is 10.5. The fourth-order valence-electron chi connectivity index (χ4n) is 2.89. The summed E-state index contributed by atoms with van der Waals surface area (Å²) >= 11 is 0. The summed E-state index contributed by atoms with van der Waals surface area (Å²) in [5, 5.41) is 21.7. The van der Waals surface area contributed by atoms with Crippen LogP contribution in [-0.4, -0.2) is 42.6 Å². The molecular formula is C25H27F2NO5. The Morgan fingerprint density at radius 1 is 0.758 bits per heavy atom. The average molecular weight is 459 g/mol. The molecule has 0 radical (unpaired) electrons. The molecule has 3 N–H and O–H groups in total. The van der Waals surface area contributed by atoms with E-state index in [4.69, 9.17) is 19.3 Å². The van der Waals surface area contributed by atoms with E-state index in [0.29, 0.717) is 23.8 Å². The first kappa shape index (κ1) is 24.4. The Morgan fingerprint density at radius 3 is 1.91 bits per heavy atom. The van der Waals surface area contributed by atoms with Crippen LogP contribution < -0.4 is 19.5 Å². The van der Waals surface area contributed by atoms with Crippen LogP contribution in [0.4, 0.5) is 8.78 Å². The quantitative estimate of drug-likeness (QED) is 0.340.